The van der Waals surface area contributed by atoms with Gasteiger partial charge < -0.3 is 4.90 Å². The van der Waals surface area contributed by atoms with Gasteiger partial charge in [-0.15, -0.1) is 5.10 Å². The van der Waals surface area contributed by atoms with E-state index < -0.39 is 0 Å². The van der Waals surface area contributed by atoms with E-state index in [0.29, 0.717) is 25.3 Å². The van der Waals surface area contributed by atoms with Gasteiger partial charge in [0.1, 0.15) is 5.69 Å². The average Bonchev–Trinajstić information content (AvgIpc) is 3.16. The number of rotatable bonds is 3. The van der Waals surface area contributed by atoms with Gasteiger partial charge in [-0.2, -0.15) is 0 Å². The highest BCUT2D eigenvalue weighted by Gasteiger charge is 2.24. The van der Waals surface area contributed by atoms with E-state index in [0.717, 1.165) is 0 Å². The van der Waals surface area contributed by atoms with E-state index in [4.69, 9.17) is 0 Å². The lowest BCUT2D eigenvalue weighted by Crippen LogP contribution is -2.30. The first-order valence-corrected chi connectivity index (χ1v) is 6.72. The van der Waals surface area contributed by atoms with Crippen LogP contribution in [0.15, 0.2) is 42.6 Å². The second-order valence-electron chi connectivity index (χ2n) is 4.72. The third kappa shape index (κ3) is 2.22. The smallest absolute Gasteiger partial charge is 0.274 e. The fourth-order valence-electron chi connectivity index (χ4n) is 2.39. The Bertz CT molecular complexity index is 645. The van der Waals surface area contributed by atoms with Crippen LogP contribution in [0.4, 0.5) is 0 Å². The van der Waals surface area contributed by atoms with Crippen LogP contribution in [-0.4, -0.2) is 38.9 Å². The van der Waals surface area contributed by atoms with Crippen molar-refractivity contribution in [1.82, 2.24) is 19.9 Å². The van der Waals surface area contributed by atoms with E-state index in [-0.39, 0.29) is 5.91 Å². The summed E-state index contributed by atoms with van der Waals surface area (Å²) in [5, 5.41) is 7.72. The van der Waals surface area contributed by atoms with Gasteiger partial charge in [-0.1, -0.05) is 41.6 Å². The Morgan fingerprint density at radius 1 is 1.30 bits per heavy atom. The quantitative estimate of drug-likeness (QED) is 0.853. The number of aromatic nitrogens is 3. The second kappa shape index (κ2) is 5.28. The summed E-state index contributed by atoms with van der Waals surface area (Å²) in [4.78, 5) is 14.3. The van der Waals surface area contributed by atoms with E-state index in [2.05, 4.69) is 28.5 Å². The molecule has 102 valence electrons. The molecular formula is C15H16N4O. The van der Waals surface area contributed by atoms with Crippen LogP contribution in [0.1, 0.15) is 23.0 Å². The molecule has 2 heterocycles. The lowest BCUT2D eigenvalue weighted by molar-refractivity contribution is 0.0789. The van der Waals surface area contributed by atoms with Crippen LogP contribution in [0.3, 0.4) is 0 Å². The molecule has 0 bridgehead atoms. The van der Waals surface area contributed by atoms with Crippen molar-refractivity contribution >= 4 is 11.5 Å². The van der Waals surface area contributed by atoms with Gasteiger partial charge in [0, 0.05) is 19.6 Å². The van der Waals surface area contributed by atoms with Crippen molar-refractivity contribution in [3.63, 3.8) is 0 Å². The fourth-order valence-corrected chi connectivity index (χ4v) is 2.39. The third-order valence-electron chi connectivity index (χ3n) is 3.49. The molecular weight excluding hydrogens is 252 g/mol. The molecule has 0 N–H and O–H groups in total. The van der Waals surface area contributed by atoms with Crippen molar-refractivity contribution < 1.29 is 4.79 Å². The van der Waals surface area contributed by atoms with E-state index in [1.807, 2.05) is 30.0 Å². The molecule has 0 fully saturated rings. The van der Waals surface area contributed by atoms with Crippen molar-refractivity contribution in [3.8, 4) is 0 Å². The number of nitrogens with zero attached hydrogens (tertiary/aromatic N) is 4. The zero-order chi connectivity index (χ0) is 13.9. The lowest BCUT2D eigenvalue weighted by atomic mass is 10.1. The van der Waals surface area contributed by atoms with E-state index >= 15 is 0 Å². The van der Waals surface area contributed by atoms with E-state index in [9.17, 15) is 4.79 Å². The molecule has 3 rings (SSSR count). The van der Waals surface area contributed by atoms with Crippen LogP contribution < -0.4 is 0 Å². The van der Waals surface area contributed by atoms with Crippen LogP contribution in [0.2, 0.25) is 0 Å². The minimum atomic E-state index is -0.0148. The third-order valence-corrected chi connectivity index (χ3v) is 3.49. The molecule has 1 aromatic carbocycles. The zero-order valence-electron chi connectivity index (χ0n) is 11.4. The van der Waals surface area contributed by atoms with Crippen LogP contribution in [0.5, 0.6) is 0 Å². The van der Waals surface area contributed by atoms with E-state index in [1.54, 1.807) is 4.68 Å². The molecule has 0 unspecified atom stereocenters. The fraction of sp³-hybridized carbons (Fsp3) is 0.267. The van der Waals surface area contributed by atoms with Crippen LogP contribution in [0, 0.1) is 0 Å². The minimum Gasteiger partial charge on any atom is -0.329 e. The average molecular weight is 268 g/mol. The molecule has 1 aliphatic rings. The molecule has 5 nitrogen and oxygen atoms in total. The predicted molar refractivity (Wildman–Crippen MR) is 76.0 cm³/mol. The van der Waals surface area contributed by atoms with Gasteiger partial charge >= 0.3 is 0 Å². The normalized spacial score (nSPS) is 14.4. The van der Waals surface area contributed by atoms with Gasteiger partial charge in [0.2, 0.25) is 0 Å². The molecule has 0 saturated heterocycles. The first-order valence-electron chi connectivity index (χ1n) is 6.72. The van der Waals surface area contributed by atoms with Gasteiger partial charge in [-0.05, 0) is 18.1 Å². The molecule has 0 spiro atoms. The number of carbonyl (C=O) groups is 1. The minimum absolute atomic E-state index is 0.0148. The summed E-state index contributed by atoms with van der Waals surface area (Å²) in [6.07, 6.45) is 3.64. The van der Waals surface area contributed by atoms with Crippen molar-refractivity contribution in [2.45, 2.75) is 13.5 Å². The van der Waals surface area contributed by atoms with Gasteiger partial charge in [0.05, 0.1) is 6.20 Å². The SMILES string of the molecule is CCn1nncc1C(=O)N1CC=C(c2ccccc2)C1. The zero-order valence-corrected chi connectivity index (χ0v) is 11.4. The Labute approximate surface area is 117 Å². The summed E-state index contributed by atoms with van der Waals surface area (Å²) in [7, 11) is 0. The molecule has 0 saturated carbocycles. The first-order chi connectivity index (χ1) is 9.79. The van der Waals surface area contributed by atoms with Crippen molar-refractivity contribution in [1.29, 1.82) is 0 Å². The number of carbonyl (C=O) groups excluding carboxylic acids is 1. The monoisotopic (exact) mass is 268 g/mol. The Kier molecular flexibility index (Phi) is 3.33. The highest BCUT2D eigenvalue weighted by Crippen LogP contribution is 2.21. The second-order valence-corrected chi connectivity index (χ2v) is 4.72. The Morgan fingerprint density at radius 2 is 2.10 bits per heavy atom. The highest BCUT2D eigenvalue weighted by molar-refractivity contribution is 5.94. The summed E-state index contributed by atoms with van der Waals surface area (Å²) in [6, 6.07) is 10.1. The van der Waals surface area contributed by atoms with Crippen LogP contribution >= 0.6 is 0 Å². The van der Waals surface area contributed by atoms with Crippen LogP contribution in [-0.2, 0) is 6.54 Å². The summed E-state index contributed by atoms with van der Waals surface area (Å²) in [5.41, 5.74) is 2.91. The Morgan fingerprint density at radius 3 is 2.85 bits per heavy atom. The Balaban J connectivity index is 1.75. The lowest BCUT2D eigenvalue weighted by Gasteiger charge is -2.16. The topological polar surface area (TPSA) is 51.0 Å². The molecule has 5 heteroatoms. The summed E-state index contributed by atoms with van der Waals surface area (Å²) < 4.78 is 1.63. The maximum absolute atomic E-state index is 12.5. The molecule has 0 aliphatic carbocycles. The summed E-state index contributed by atoms with van der Waals surface area (Å²) in [6.45, 7) is 3.87. The number of hydrogen-bond acceptors (Lipinski definition) is 3. The summed E-state index contributed by atoms with van der Waals surface area (Å²) in [5.74, 6) is -0.0148. The number of aryl methyl sites for hydroxylation is 1. The van der Waals surface area contributed by atoms with Crippen molar-refractivity contribution in [2.24, 2.45) is 0 Å². The molecule has 1 amide bonds. The standard InChI is InChI=1S/C15H16N4O/c1-2-19-14(10-16-17-19)15(20)18-9-8-13(11-18)12-6-4-3-5-7-12/h3-8,10H,2,9,11H2,1H3. The molecule has 1 aliphatic heterocycles. The number of hydrogen-bond donors (Lipinski definition) is 0. The molecule has 0 radical (unpaired) electrons. The maximum Gasteiger partial charge on any atom is 0.274 e. The predicted octanol–water partition coefficient (Wildman–Crippen LogP) is 1.84. The molecule has 2 aromatic rings. The van der Waals surface area contributed by atoms with Gasteiger partial charge in [0.15, 0.2) is 0 Å². The molecule has 20 heavy (non-hydrogen) atoms. The summed E-state index contributed by atoms with van der Waals surface area (Å²) >= 11 is 0. The molecule has 0 atom stereocenters. The van der Waals surface area contributed by atoms with Gasteiger partial charge in [-0.3, -0.25) is 4.79 Å². The molecule has 1 aromatic heterocycles. The van der Waals surface area contributed by atoms with Gasteiger partial charge in [-0.25, -0.2) is 4.68 Å². The first kappa shape index (κ1) is 12.6. The number of amides is 1. The van der Waals surface area contributed by atoms with Crippen LogP contribution in [0.25, 0.3) is 5.57 Å². The van der Waals surface area contributed by atoms with E-state index in [1.165, 1.54) is 17.3 Å². The Hall–Kier alpha value is -2.43. The van der Waals surface area contributed by atoms with Gasteiger partial charge in [0.25, 0.3) is 5.91 Å². The maximum atomic E-state index is 12.5. The highest BCUT2D eigenvalue weighted by atomic mass is 16.2. The van der Waals surface area contributed by atoms with Crippen molar-refractivity contribution in [3.05, 3.63) is 53.9 Å². The largest absolute Gasteiger partial charge is 0.329 e. The number of benzene rings is 1. The van der Waals surface area contributed by atoms with Crippen molar-refractivity contribution in [2.75, 3.05) is 13.1 Å².